The Labute approximate surface area is 128 Å². The molecule has 0 bridgehead atoms. The largest absolute Gasteiger partial charge is 0.493 e. The summed E-state index contributed by atoms with van der Waals surface area (Å²) in [6.07, 6.45) is 3.47. The van der Waals surface area contributed by atoms with E-state index in [4.69, 9.17) is 19.9 Å². The first-order valence-corrected chi connectivity index (χ1v) is 7.78. The van der Waals surface area contributed by atoms with Gasteiger partial charge in [0.05, 0.1) is 23.8 Å². The van der Waals surface area contributed by atoms with Gasteiger partial charge in [-0.15, -0.1) is 0 Å². The highest BCUT2D eigenvalue weighted by atomic mass is 79.9. The number of ether oxygens (including phenoxy) is 3. The molecule has 2 N–H and O–H groups in total. The van der Waals surface area contributed by atoms with E-state index in [-0.39, 0.29) is 6.10 Å². The van der Waals surface area contributed by atoms with Crippen molar-refractivity contribution in [1.82, 2.24) is 0 Å². The monoisotopic (exact) mass is 343 g/mol. The molecule has 2 unspecified atom stereocenters. The zero-order valence-corrected chi connectivity index (χ0v) is 13.6. The fraction of sp³-hybridized carbons (Fsp3) is 0.600. The first-order chi connectivity index (χ1) is 9.63. The molecule has 1 heterocycles. The molecule has 1 aliphatic rings. The van der Waals surface area contributed by atoms with Crippen molar-refractivity contribution in [1.29, 1.82) is 0 Å². The van der Waals surface area contributed by atoms with Crippen LogP contribution in [0.25, 0.3) is 0 Å². The first kappa shape index (κ1) is 15.6. The average molecular weight is 344 g/mol. The molecule has 0 saturated carbocycles. The molecule has 1 saturated heterocycles. The van der Waals surface area contributed by atoms with Crippen LogP contribution < -0.4 is 15.2 Å². The number of hydrogen-bond donors (Lipinski definition) is 1. The summed E-state index contributed by atoms with van der Waals surface area (Å²) in [6, 6.07) is 4.01. The zero-order chi connectivity index (χ0) is 14.5. The molecule has 0 aromatic heterocycles. The molecule has 0 spiro atoms. The molecule has 2 atom stereocenters. The lowest BCUT2D eigenvalue weighted by Gasteiger charge is -2.17. The number of benzene rings is 1. The van der Waals surface area contributed by atoms with Crippen molar-refractivity contribution in [3.63, 3.8) is 0 Å². The molecule has 1 aromatic carbocycles. The molecule has 5 heteroatoms. The molecule has 1 aliphatic heterocycles. The number of hydrogen-bond acceptors (Lipinski definition) is 4. The van der Waals surface area contributed by atoms with Gasteiger partial charge in [0.1, 0.15) is 6.61 Å². The van der Waals surface area contributed by atoms with Gasteiger partial charge in [-0.05, 0) is 66.4 Å². The summed E-state index contributed by atoms with van der Waals surface area (Å²) in [5.74, 6) is 1.46. The smallest absolute Gasteiger partial charge is 0.175 e. The second-order valence-electron chi connectivity index (χ2n) is 5.10. The summed E-state index contributed by atoms with van der Waals surface area (Å²) in [7, 11) is 1.65. The van der Waals surface area contributed by atoms with Crippen LogP contribution >= 0.6 is 15.9 Å². The molecular formula is C15H22BrNO3. The van der Waals surface area contributed by atoms with Gasteiger partial charge in [-0.1, -0.05) is 0 Å². The van der Waals surface area contributed by atoms with Crippen molar-refractivity contribution in [2.75, 3.05) is 20.3 Å². The van der Waals surface area contributed by atoms with Crippen LogP contribution in [0.2, 0.25) is 0 Å². The summed E-state index contributed by atoms with van der Waals surface area (Å²) in [5.41, 5.74) is 6.72. The minimum atomic E-state index is 0.172. The molecule has 1 fully saturated rings. The van der Waals surface area contributed by atoms with Gasteiger partial charge in [-0.25, -0.2) is 0 Å². The molecular weight excluding hydrogens is 322 g/mol. The molecule has 0 amide bonds. The summed E-state index contributed by atoms with van der Waals surface area (Å²) in [6.45, 7) is 3.26. The fourth-order valence-electron chi connectivity index (χ4n) is 2.41. The first-order valence-electron chi connectivity index (χ1n) is 6.98. The van der Waals surface area contributed by atoms with Crippen molar-refractivity contribution in [3.05, 3.63) is 22.2 Å². The van der Waals surface area contributed by atoms with Crippen LogP contribution in [-0.4, -0.2) is 32.5 Å². The van der Waals surface area contributed by atoms with E-state index in [9.17, 15) is 0 Å². The third-order valence-corrected chi connectivity index (χ3v) is 4.04. The summed E-state index contributed by atoms with van der Waals surface area (Å²) >= 11 is 3.54. The number of halogens is 1. The maximum Gasteiger partial charge on any atom is 0.175 e. The average Bonchev–Trinajstić information content (AvgIpc) is 2.83. The molecule has 0 radical (unpaired) electrons. The summed E-state index contributed by atoms with van der Waals surface area (Å²) in [4.78, 5) is 0. The summed E-state index contributed by atoms with van der Waals surface area (Å²) in [5, 5.41) is 0. The normalized spacial score (nSPS) is 22.0. The Kier molecular flexibility index (Phi) is 5.69. The SMILES string of the molecule is COc1cc(CCN)cc(Br)c1OCC1CCC(C)O1. The molecule has 1 aromatic rings. The fourth-order valence-corrected chi connectivity index (χ4v) is 3.01. The van der Waals surface area contributed by atoms with E-state index >= 15 is 0 Å². The standard InChI is InChI=1S/C15H22BrNO3/c1-10-3-4-12(20-10)9-19-15-13(16)7-11(5-6-17)8-14(15)18-2/h7-8,10,12H,3-6,9,17H2,1-2H3. The van der Waals surface area contributed by atoms with E-state index in [1.807, 2.05) is 12.1 Å². The molecule has 0 aliphatic carbocycles. The Balaban J connectivity index is 2.06. The second kappa shape index (κ2) is 7.29. The van der Waals surface area contributed by atoms with Gasteiger partial charge in [0.25, 0.3) is 0 Å². The van der Waals surface area contributed by atoms with Crippen molar-refractivity contribution < 1.29 is 14.2 Å². The van der Waals surface area contributed by atoms with Gasteiger partial charge >= 0.3 is 0 Å². The van der Waals surface area contributed by atoms with Gasteiger partial charge < -0.3 is 19.9 Å². The van der Waals surface area contributed by atoms with E-state index < -0.39 is 0 Å². The molecule has 2 rings (SSSR count). The van der Waals surface area contributed by atoms with Gasteiger partial charge in [-0.3, -0.25) is 0 Å². The van der Waals surface area contributed by atoms with Crippen LogP contribution in [0.15, 0.2) is 16.6 Å². The number of nitrogens with two attached hydrogens (primary N) is 1. The summed E-state index contributed by atoms with van der Waals surface area (Å²) < 4.78 is 18.0. The topological polar surface area (TPSA) is 53.7 Å². The van der Waals surface area contributed by atoms with Crippen LogP contribution in [0, 0.1) is 0 Å². The van der Waals surface area contributed by atoms with Gasteiger partial charge in [-0.2, -0.15) is 0 Å². The zero-order valence-electron chi connectivity index (χ0n) is 12.0. The minimum absolute atomic E-state index is 0.172. The Hall–Kier alpha value is -0.780. The van der Waals surface area contributed by atoms with Crippen LogP contribution in [0.3, 0.4) is 0 Å². The van der Waals surface area contributed by atoms with Gasteiger partial charge in [0.15, 0.2) is 11.5 Å². The quantitative estimate of drug-likeness (QED) is 0.862. The van der Waals surface area contributed by atoms with Crippen LogP contribution in [-0.2, 0) is 11.2 Å². The third-order valence-electron chi connectivity index (χ3n) is 3.46. The lowest BCUT2D eigenvalue weighted by atomic mass is 10.1. The lowest BCUT2D eigenvalue weighted by Crippen LogP contribution is -2.18. The van der Waals surface area contributed by atoms with Crippen LogP contribution in [0.4, 0.5) is 0 Å². The Bertz CT molecular complexity index is 453. The molecule has 20 heavy (non-hydrogen) atoms. The molecule has 112 valence electrons. The Morgan fingerprint density at radius 1 is 1.40 bits per heavy atom. The van der Waals surface area contributed by atoms with Crippen LogP contribution in [0.5, 0.6) is 11.5 Å². The van der Waals surface area contributed by atoms with E-state index in [2.05, 4.69) is 22.9 Å². The van der Waals surface area contributed by atoms with Crippen molar-refractivity contribution in [2.24, 2.45) is 5.73 Å². The Morgan fingerprint density at radius 2 is 2.20 bits per heavy atom. The lowest BCUT2D eigenvalue weighted by molar-refractivity contribution is 0.0257. The maximum atomic E-state index is 5.90. The minimum Gasteiger partial charge on any atom is -0.493 e. The number of methoxy groups -OCH3 is 1. The highest BCUT2D eigenvalue weighted by Gasteiger charge is 2.23. The number of rotatable bonds is 6. The van der Waals surface area contributed by atoms with Crippen molar-refractivity contribution >= 4 is 15.9 Å². The van der Waals surface area contributed by atoms with E-state index in [1.54, 1.807) is 7.11 Å². The van der Waals surface area contributed by atoms with E-state index in [0.717, 1.165) is 40.8 Å². The van der Waals surface area contributed by atoms with Crippen molar-refractivity contribution in [3.8, 4) is 11.5 Å². The highest BCUT2D eigenvalue weighted by Crippen LogP contribution is 2.37. The van der Waals surface area contributed by atoms with Gasteiger partial charge in [0.2, 0.25) is 0 Å². The predicted molar refractivity (Wildman–Crippen MR) is 82.5 cm³/mol. The van der Waals surface area contributed by atoms with E-state index in [1.165, 1.54) is 0 Å². The highest BCUT2D eigenvalue weighted by molar-refractivity contribution is 9.10. The second-order valence-corrected chi connectivity index (χ2v) is 5.96. The van der Waals surface area contributed by atoms with Crippen molar-refractivity contribution in [2.45, 2.75) is 38.4 Å². The predicted octanol–water partition coefficient (Wildman–Crippen LogP) is 2.91. The Morgan fingerprint density at radius 3 is 2.80 bits per heavy atom. The molecule has 4 nitrogen and oxygen atoms in total. The van der Waals surface area contributed by atoms with Crippen LogP contribution in [0.1, 0.15) is 25.3 Å². The van der Waals surface area contributed by atoms with E-state index in [0.29, 0.717) is 19.3 Å². The third kappa shape index (κ3) is 3.87. The van der Waals surface area contributed by atoms with Gasteiger partial charge in [0, 0.05) is 0 Å². The maximum absolute atomic E-state index is 5.90.